The van der Waals surface area contributed by atoms with Gasteiger partial charge in [0.25, 0.3) is 6.10 Å². The number of halogens is 3. The first-order valence-corrected chi connectivity index (χ1v) is 10.2. The number of piperidine rings is 1. The van der Waals surface area contributed by atoms with E-state index in [0.29, 0.717) is 12.3 Å². The third kappa shape index (κ3) is 7.95. The number of hydrogen-bond acceptors (Lipinski definition) is 7. The lowest BCUT2D eigenvalue weighted by molar-refractivity contribution is -0.203. The van der Waals surface area contributed by atoms with Crippen LogP contribution in [0.1, 0.15) is 32.6 Å². The molecule has 1 amide bonds. The van der Waals surface area contributed by atoms with Gasteiger partial charge in [-0.05, 0) is 57.3 Å². The lowest BCUT2D eigenvalue weighted by Crippen LogP contribution is -2.49. The second-order valence-corrected chi connectivity index (χ2v) is 7.44. The maximum absolute atomic E-state index is 12.7. The Balaban J connectivity index is 2.02. The van der Waals surface area contributed by atoms with Gasteiger partial charge >= 0.3 is 18.1 Å². The molecule has 1 saturated heterocycles. The Kier molecular flexibility index (Phi) is 9.18. The van der Waals surface area contributed by atoms with Crippen molar-refractivity contribution in [2.24, 2.45) is 5.92 Å². The molecule has 32 heavy (non-hydrogen) atoms. The van der Waals surface area contributed by atoms with Gasteiger partial charge in [-0.3, -0.25) is 9.59 Å². The van der Waals surface area contributed by atoms with Crippen LogP contribution in [0.4, 0.5) is 13.2 Å². The summed E-state index contributed by atoms with van der Waals surface area (Å²) in [5.41, 5.74) is 0. The molecule has 1 aromatic rings. The summed E-state index contributed by atoms with van der Waals surface area (Å²) < 4.78 is 46.4. The highest BCUT2D eigenvalue weighted by Gasteiger charge is 2.45. The summed E-state index contributed by atoms with van der Waals surface area (Å²) >= 11 is 0. The number of para-hydroxylation sites is 1. The Morgan fingerprint density at radius 2 is 1.75 bits per heavy atom. The van der Waals surface area contributed by atoms with Crippen LogP contribution in [0.25, 0.3) is 0 Å². The summed E-state index contributed by atoms with van der Waals surface area (Å²) in [6, 6.07) is 6.09. The van der Waals surface area contributed by atoms with Crippen molar-refractivity contribution in [2.45, 2.75) is 50.9 Å². The van der Waals surface area contributed by atoms with Crippen LogP contribution in [0.3, 0.4) is 0 Å². The SMILES string of the molecule is CC(NC(=O)CCC1CCNCC1)C(=O)C(Oc1ccccc1)C(=O)OC(=O)C(F)(F)F. The maximum Gasteiger partial charge on any atom is 0.491 e. The molecule has 176 valence electrons. The number of benzene rings is 1. The van der Waals surface area contributed by atoms with Gasteiger partial charge in [0.05, 0.1) is 6.04 Å². The minimum Gasteiger partial charge on any atom is -0.471 e. The molecule has 11 heteroatoms. The van der Waals surface area contributed by atoms with Gasteiger partial charge < -0.3 is 20.1 Å². The van der Waals surface area contributed by atoms with Gasteiger partial charge in [0, 0.05) is 6.42 Å². The minimum absolute atomic E-state index is 0.00769. The van der Waals surface area contributed by atoms with Crippen molar-refractivity contribution in [3.8, 4) is 5.75 Å². The predicted molar refractivity (Wildman–Crippen MR) is 105 cm³/mol. The lowest BCUT2D eigenvalue weighted by atomic mass is 9.93. The number of hydrogen-bond donors (Lipinski definition) is 2. The number of amides is 1. The smallest absolute Gasteiger partial charge is 0.471 e. The summed E-state index contributed by atoms with van der Waals surface area (Å²) in [5.74, 6) is -5.71. The van der Waals surface area contributed by atoms with E-state index in [4.69, 9.17) is 4.74 Å². The second kappa shape index (κ2) is 11.6. The molecule has 2 N–H and O–H groups in total. The zero-order valence-electron chi connectivity index (χ0n) is 17.4. The summed E-state index contributed by atoms with van der Waals surface area (Å²) in [4.78, 5) is 48.1. The standard InChI is InChI=1S/C21H25F3N2O6/c1-13(26-16(27)8-7-14-9-11-25-12-10-14)17(28)18(31-15-5-3-2-4-6-15)19(29)32-20(30)21(22,23)24/h2-6,13-14,18,25H,7-12H2,1H3,(H,26,27). The molecule has 2 atom stereocenters. The molecule has 0 radical (unpaired) electrons. The molecule has 1 aliphatic rings. The first kappa shape index (κ1) is 25.3. The first-order chi connectivity index (χ1) is 15.1. The van der Waals surface area contributed by atoms with Crippen molar-refractivity contribution in [2.75, 3.05) is 13.1 Å². The monoisotopic (exact) mass is 458 g/mol. The van der Waals surface area contributed by atoms with E-state index in [1.165, 1.54) is 31.2 Å². The number of carbonyl (C=O) groups is 4. The maximum atomic E-state index is 12.7. The quantitative estimate of drug-likeness (QED) is 0.430. The van der Waals surface area contributed by atoms with E-state index < -0.39 is 42.0 Å². The second-order valence-electron chi connectivity index (χ2n) is 7.44. The Labute approximate surface area is 182 Å². The lowest BCUT2D eigenvalue weighted by Gasteiger charge is -2.23. The number of rotatable bonds is 9. The zero-order chi connectivity index (χ0) is 23.7. The van der Waals surface area contributed by atoms with Crippen molar-refractivity contribution in [1.82, 2.24) is 10.6 Å². The molecule has 2 unspecified atom stereocenters. The molecule has 0 spiro atoms. The van der Waals surface area contributed by atoms with Crippen LogP contribution >= 0.6 is 0 Å². The van der Waals surface area contributed by atoms with Crippen molar-refractivity contribution >= 4 is 23.6 Å². The Hall–Kier alpha value is -2.95. The zero-order valence-corrected chi connectivity index (χ0v) is 17.4. The van der Waals surface area contributed by atoms with Crippen LogP contribution in [0.5, 0.6) is 5.75 Å². The fourth-order valence-corrected chi connectivity index (χ4v) is 3.18. The van der Waals surface area contributed by atoms with E-state index in [0.717, 1.165) is 25.9 Å². The van der Waals surface area contributed by atoms with Crippen LogP contribution in [0.2, 0.25) is 0 Å². The highest BCUT2D eigenvalue weighted by Crippen LogP contribution is 2.20. The number of alkyl halides is 3. The van der Waals surface area contributed by atoms with Crippen LogP contribution < -0.4 is 15.4 Å². The van der Waals surface area contributed by atoms with E-state index in [2.05, 4.69) is 15.4 Å². The van der Waals surface area contributed by atoms with E-state index in [9.17, 15) is 32.3 Å². The molecular weight excluding hydrogens is 433 g/mol. The molecule has 8 nitrogen and oxygen atoms in total. The molecule has 0 bridgehead atoms. The van der Waals surface area contributed by atoms with Crippen molar-refractivity contribution in [3.63, 3.8) is 0 Å². The average molecular weight is 458 g/mol. The Morgan fingerprint density at radius 1 is 1.12 bits per heavy atom. The largest absolute Gasteiger partial charge is 0.491 e. The fraction of sp³-hybridized carbons (Fsp3) is 0.524. The molecular formula is C21H25F3N2O6. The van der Waals surface area contributed by atoms with Crippen molar-refractivity contribution in [1.29, 1.82) is 0 Å². The summed E-state index contributed by atoms with van der Waals surface area (Å²) in [6.07, 6.45) is -4.95. The normalized spacial score (nSPS) is 16.5. The molecule has 1 aliphatic heterocycles. The van der Waals surface area contributed by atoms with E-state index in [1.807, 2.05) is 0 Å². The Bertz CT molecular complexity index is 810. The van der Waals surface area contributed by atoms with Gasteiger partial charge in [0.15, 0.2) is 0 Å². The third-order valence-electron chi connectivity index (χ3n) is 4.94. The molecule has 1 heterocycles. The van der Waals surface area contributed by atoms with Gasteiger partial charge in [0.1, 0.15) is 5.75 Å². The van der Waals surface area contributed by atoms with Crippen LogP contribution in [-0.2, 0) is 23.9 Å². The number of ketones is 1. The molecule has 0 saturated carbocycles. The highest BCUT2D eigenvalue weighted by molar-refractivity contribution is 6.08. The minimum atomic E-state index is -5.43. The van der Waals surface area contributed by atoms with Crippen LogP contribution in [-0.4, -0.2) is 55.0 Å². The molecule has 1 fully saturated rings. The molecule has 0 aliphatic carbocycles. The van der Waals surface area contributed by atoms with Crippen molar-refractivity contribution < 1.29 is 41.8 Å². The van der Waals surface area contributed by atoms with Crippen LogP contribution in [0, 0.1) is 5.92 Å². The number of carbonyl (C=O) groups excluding carboxylic acids is 4. The highest BCUT2D eigenvalue weighted by atomic mass is 19.4. The van der Waals surface area contributed by atoms with E-state index >= 15 is 0 Å². The number of nitrogens with one attached hydrogen (secondary N) is 2. The van der Waals surface area contributed by atoms with Crippen LogP contribution in [0.15, 0.2) is 30.3 Å². The number of Topliss-reactive ketones (excluding diaryl/α,β-unsaturated/α-hetero) is 1. The summed E-state index contributed by atoms with van der Waals surface area (Å²) in [5, 5.41) is 5.64. The van der Waals surface area contributed by atoms with Gasteiger partial charge in [-0.15, -0.1) is 0 Å². The molecule has 1 aromatic carbocycles. The van der Waals surface area contributed by atoms with Crippen molar-refractivity contribution in [3.05, 3.63) is 30.3 Å². The fourth-order valence-electron chi connectivity index (χ4n) is 3.18. The number of ether oxygens (including phenoxy) is 2. The van der Waals surface area contributed by atoms with Gasteiger partial charge in [0.2, 0.25) is 11.7 Å². The topological polar surface area (TPSA) is 111 Å². The van der Waals surface area contributed by atoms with Gasteiger partial charge in [-0.1, -0.05) is 18.2 Å². The molecule has 2 rings (SSSR count). The molecule has 0 aromatic heterocycles. The first-order valence-electron chi connectivity index (χ1n) is 10.2. The third-order valence-corrected chi connectivity index (χ3v) is 4.94. The summed E-state index contributed by atoms with van der Waals surface area (Å²) in [7, 11) is 0. The Morgan fingerprint density at radius 3 is 2.34 bits per heavy atom. The summed E-state index contributed by atoms with van der Waals surface area (Å²) in [6.45, 7) is 3.02. The average Bonchev–Trinajstić information content (AvgIpc) is 2.76. The van der Waals surface area contributed by atoms with E-state index in [-0.39, 0.29) is 12.2 Å². The number of esters is 2. The van der Waals surface area contributed by atoms with Gasteiger partial charge in [-0.2, -0.15) is 13.2 Å². The van der Waals surface area contributed by atoms with E-state index in [1.54, 1.807) is 6.07 Å². The van der Waals surface area contributed by atoms with Gasteiger partial charge in [-0.25, -0.2) is 9.59 Å². The predicted octanol–water partition coefficient (Wildman–Crippen LogP) is 1.92.